The number of piperidine rings is 1. The lowest BCUT2D eigenvalue weighted by Crippen LogP contribution is -2.43. The van der Waals surface area contributed by atoms with Crippen LogP contribution in [0.25, 0.3) is 0 Å². The van der Waals surface area contributed by atoms with E-state index in [9.17, 15) is 4.79 Å². The molecule has 0 bridgehead atoms. The van der Waals surface area contributed by atoms with Gasteiger partial charge in [-0.15, -0.1) is 24.8 Å². The minimum absolute atomic E-state index is 0. The molecular weight excluding hydrogens is 285 g/mol. The lowest BCUT2D eigenvalue weighted by Gasteiger charge is -2.30. The van der Waals surface area contributed by atoms with Crippen molar-refractivity contribution in [2.75, 3.05) is 26.2 Å². The molecule has 0 aromatic carbocycles. The largest absolute Gasteiger partial charge is 0.354 e. The number of likely N-dealkylation sites (tertiary alicyclic amines) is 1. The summed E-state index contributed by atoms with van der Waals surface area (Å²) in [5, 5.41) is 2.94. The number of hydrogen-bond donors (Lipinski definition) is 2. The van der Waals surface area contributed by atoms with E-state index in [1.807, 2.05) is 0 Å². The maximum atomic E-state index is 11.6. The maximum Gasteiger partial charge on any atom is 0.240 e. The van der Waals surface area contributed by atoms with E-state index in [4.69, 9.17) is 5.73 Å². The van der Waals surface area contributed by atoms with Crippen LogP contribution in [0.5, 0.6) is 0 Å². The zero-order chi connectivity index (χ0) is 12.3. The number of rotatable bonds is 5. The van der Waals surface area contributed by atoms with Gasteiger partial charge in [-0.2, -0.15) is 0 Å². The van der Waals surface area contributed by atoms with Crippen molar-refractivity contribution in [3.8, 4) is 0 Å². The summed E-state index contributed by atoms with van der Waals surface area (Å²) in [6.45, 7) is 6.63. The van der Waals surface area contributed by atoms with Crippen LogP contribution in [0.3, 0.4) is 0 Å². The van der Waals surface area contributed by atoms with Crippen molar-refractivity contribution in [3.63, 3.8) is 0 Å². The topological polar surface area (TPSA) is 58.4 Å². The van der Waals surface area contributed by atoms with Gasteiger partial charge in [0.25, 0.3) is 0 Å². The maximum absolute atomic E-state index is 11.6. The highest BCUT2D eigenvalue weighted by molar-refractivity contribution is 5.88. The van der Waals surface area contributed by atoms with Crippen molar-refractivity contribution in [3.05, 3.63) is 0 Å². The predicted octanol–water partition coefficient (Wildman–Crippen LogP) is 1.56. The van der Waals surface area contributed by atoms with Crippen molar-refractivity contribution >= 4 is 30.7 Å². The third-order valence-electron chi connectivity index (χ3n) is 4.05. The summed E-state index contributed by atoms with van der Waals surface area (Å²) in [7, 11) is 0. The van der Waals surface area contributed by atoms with Crippen molar-refractivity contribution in [1.82, 2.24) is 10.2 Å². The normalized spacial score (nSPS) is 22.0. The molecular formula is C13H27Cl2N3O. The van der Waals surface area contributed by atoms with Gasteiger partial charge in [0.1, 0.15) is 0 Å². The monoisotopic (exact) mass is 311 g/mol. The number of nitrogens with two attached hydrogens (primary N) is 1. The molecule has 0 aromatic heterocycles. The zero-order valence-electron chi connectivity index (χ0n) is 11.7. The Morgan fingerprint density at radius 2 is 1.89 bits per heavy atom. The molecule has 4 nitrogen and oxygen atoms in total. The van der Waals surface area contributed by atoms with E-state index in [0.29, 0.717) is 0 Å². The van der Waals surface area contributed by atoms with Gasteiger partial charge in [0.05, 0.1) is 5.54 Å². The summed E-state index contributed by atoms with van der Waals surface area (Å²) in [6.07, 6.45) is 5.37. The number of amides is 1. The Bertz CT molecular complexity index is 277. The standard InChI is InChI=1S/C13H25N3O.2ClH/c1-11-3-9-16(10-4-11)8-2-7-15-12(17)13(14)5-6-13;;/h11H,2-10,14H2,1H3,(H,15,17);2*1H. The third kappa shape index (κ3) is 5.86. The van der Waals surface area contributed by atoms with Gasteiger partial charge in [0.2, 0.25) is 5.91 Å². The lowest BCUT2D eigenvalue weighted by atomic mass is 9.99. The molecule has 3 N–H and O–H groups in total. The Labute approximate surface area is 128 Å². The SMILES string of the molecule is CC1CCN(CCCNC(=O)C2(N)CC2)CC1.Cl.Cl. The number of hydrogen-bond acceptors (Lipinski definition) is 3. The van der Waals surface area contributed by atoms with Gasteiger partial charge in [-0.1, -0.05) is 6.92 Å². The molecule has 1 heterocycles. The van der Waals surface area contributed by atoms with Crippen LogP contribution in [-0.4, -0.2) is 42.5 Å². The lowest BCUT2D eigenvalue weighted by molar-refractivity contribution is -0.123. The molecule has 1 saturated heterocycles. The Kier molecular flexibility index (Phi) is 8.29. The van der Waals surface area contributed by atoms with Crippen LogP contribution in [0.2, 0.25) is 0 Å². The van der Waals surface area contributed by atoms with Gasteiger partial charge in [0.15, 0.2) is 0 Å². The van der Waals surface area contributed by atoms with E-state index < -0.39 is 5.54 Å². The molecule has 1 saturated carbocycles. The van der Waals surface area contributed by atoms with Gasteiger partial charge in [-0.3, -0.25) is 4.79 Å². The van der Waals surface area contributed by atoms with Crippen molar-refractivity contribution in [2.45, 2.75) is 44.6 Å². The minimum Gasteiger partial charge on any atom is -0.354 e. The summed E-state index contributed by atoms with van der Waals surface area (Å²) in [5.74, 6) is 0.933. The molecule has 1 amide bonds. The number of nitrogens with zero attached hydrogens (tertiary/aromatic N) is 1. The highest BCUT2D eigenvalue weighted by atomic mass is 35.5. The molecule has 2 aliphatic rings. The van der Waals surface area contributed by atoms with Gasteiger partial charge in [-0.05, 0) is 57.7 Å². The number of halogens is 2. The van der Waals surface area contributed by atoms with Crippen molar-refractivity contribution in [2.24, 2.45) is 11.7 Å². The first-order chi connectivity index (χ1) is 8.10. The first-order valence-corrected chi connectivity index (χ1v) is 6.90. The van der Waals surface area contributed by atoms with Crippen LogP contribution < -0.4 is 11.1 Å². The molecule has 2 rings (SSSR count). The van der Waals surface area contributed by atoms with Crippen molar-refractivity contribution in [1.29, 1.82) is 0 Å². The van der Waals surface area contributed by atoms with Crippen LogP contribution >= 0.6 is 24.8 Å². The molecule has 0 aromatic rings. The number of carbonyl (C=O) groups excluding carboxylic acids is 1. The second-order valence-electron chi connectivity index (χ2n) is 5.79. The fraction of sp³-hybridized carbons (Fsp3) is 0.923. The highest BCUT2D eigenvalue weighted by Gasteiger charge is 2.45. The first kappa shape index (κ1) is 19.0. The summed E-state index contributed by atoms with van der Waals surface area (Å²) < 4.78 is 0. The van der Waals surface area contributed by atoms with E-state index in [0.717, 1.165) is 38.3 Å². The average molecular weight is 312 g/mol. The number of carbonyl (C=O) groups is 1. The van der Waals surface area contributed by atoms with Gasteiger partial charge in [-0.25, -0.2) is 0 Å². The molecule has 0 radical (unpaired) electrons. The van der Waals surface area contributed by atoms with Crippen LogP contribution in [0.15, 0.2) is 0 Å². The molecule has 114 valence electrons. The average Bonchev–Trinajstić information content (AvgIpc) is 3.06. The Hall–Kier alpha value is -0.0300. The van der Waals surface area contributed by atoms with Gasteiger partial charge >= 0.3 is 0 Å². The second-order valence-corrected chi connectivity index (χ2v) is 5.79. The summed E-state index contributed by atoms with van der Waals surface area (Å²) >= 11 is 0. The molecule has 0 atom stereocenters. The van der Waals surface area contributed by atoms with E-state index >= 15 is 0 Å². The Balaban J connectivity index is 0.00000162. The molecule has 1 aliphatic carbocycles. The quantitative estimate of drug-likeness (QED) is 0.758. The molecule has 0 unspecified atom stereocenters. The van der Waals surface area contributed by atoms with Gasteiger partial charge < -0.3 is 16.0 Å². The smallest absolute Gasteiger partial charge is 0.240 e. The number of nitrogens with one attached hydrogen (secondary N) is 1. The van der Waals surface area contributed by atoms with Crippen LogP contribution in [0.1, 0.15) is 39.0 Å². The predicted molar refractivity (Wildman–Crippen MR) is 83.1 cm³/mol. The third-order valence-corrected chi connectivity index (χ3v) is 4.05. The fourth-order valence-corrected chi connectivity index (χ4v) is 2.33. The van der Waals surface area contributed by atoms with E-state index in [1.165, 1.54) is 25.9 Å². The van der Waals surface area contributed by atoms with Crippen LogP contribution in [0, 0.1) is 5.92 Å². The summed E-state index contributed by atoms with van der Waals surface area (Å²) in [5.41, 5.74) is 5.29. The van der Waals surface area contributed by atoms with E-state index in [-0.39, 0.29) is 30.7 Å². The fourth-order valence-electron chi connectivity index (χ4n) is 2.33. The Morgan fingerprint density at radius 1 is 1.32 bits per heavy atom. The highest BCUT2D eigenvalue weighted by Crippen LogP contribution is 2.31. The van der Waals surface area contributed by atoms with Gasteiger partial charge in [0, 0.05) is 6.54 Å². The molecule has 19 heavy (non-hydrogen) atoms. The molecule has 2 fully saturated rings. The zero-order valence-corrected chi connectivity index (χ0v) is 13.3. The first-order valence-electron chi connectivity index (χ1n) is 6.90. The second kappa shape index (κ2) is 8.30. The Morgan fingerprint density at radius 3 is 2.42 bits per heavy atom. The van der Waals surface area contributed by atoms with E-state index in [1.54, 1.807) is 0 Å². The van der Waals surface area contributed by atoms with Crippen LogP contribution in [-0.2, 0) is 4.79 Å². The molecule has 1 aliphatic heterocycles. The van der Waals surface area contributed by atoms with E-state index in [2.05, 4.69) is 17.1 Å². The van der Waals surface area contributed by atoms with Crippen LogP contribution in [0.4, 0.5) is 0 Å². The molecule has 0 spiro atoms. The summed E-state index contributed by atoms with van der Waals surface area (Å²) in [6, 6.07) is 0. The van der Waals surface area contributed by atoms with Crippen molar-refractivity contribution < 1.29 is 4.79 Å². The minimum atomic E-state index is -0.513. The molecule has 6 heteroatoms. The summed E-state index contributed by atoms with van der Waals surface area (Å²) in [4.78, 5) is 14.1.